The maximum Gasteiger partial charge on any atom is 0.338 e. The number of likely N-dealkylation sites (N-methyl/N-ethyl adjacent to an activating group) is 1. The van der Waals surface area contributed by atoms with Crippen molar-refractivity contribution in [1.82, 2.24) is 4.90 Å². The molecule has 6 heteroatoms. The summed E-state index contributed by atoms with van der Waals surface area (Å²) >= 11 is 12.3. The molecule has 0 aliphatic rings. The van der Waals surface area contributed by atoms with Gasteiger partial charge in [0.1, 0.15) is 12.4 Å². The molecule has 0 radical (unpaired) electrons. The average molecular weight is 368 g/mol. The fraction of sp³-hybridized carbons (Fsp3) is 0.278. The lowest BCUT2D eigenvalue weighted by atomic mass is 10.0. The second kappa shape index (κ2) is 8.38. The van der Waals surface area contributed by atoms with E-state index in [0.29, 0.717) is 28.0 Å². The van der Waals surface area contributed by atoms with E-state index in [-0.39, 0.29) is 0 Å². The number of carbonyl (C=O) groups excluding carboxylic acids is 1. The number of hydrogen-bond acceptors (Lipinski definition) is 4. The van der Waals surface area contributed by atoms with Crippen LogP contribution in [0.15, 0.2) is 36.4 Å². The third-order valence-electron chi connectivity index (χ3n) is 3.37. The highest BCUT2D eigenvalue weighted by atomic mass is 35.5. The second-order valence-corrected chi connectivity index (χ2v) is 6.36. The molecule has 0 N–H and O–H groups in total. The van der Waals surface area contributed by atoms with Crippen LogP contribution in [0.5, 0.6) is 5.75 Å². The van der Waals surface area contributed by atoms with Crippen LogP contribution in [0.25, 0.3) is 11.1 Å². The molecule has 0 bridgehead atoms. The van der Waals surface area contributed by atoms with Crippen molar-refractivity contribution < 1.29 is 14.3 Å². The van der Waals surface area contributed by atoms with E-state index < -0.39 is 5.97 Å². The molecule has 0 atom stereocenters. The lowest BCUT2D eigenvalue weighted by molar-refractivity contribution is 0.0600. The van der Waals surface area contributed by atoms with Crippen LogP contribution in [-0.2, 0) is 4.74 Å². The van der Waals surface area contributed by atoms with Crippen LogP contribution in [0.1, 0.15) is 10.4 Å². The van der Waals surface area contributed by atoms with Crippen LogP contribution in [0.4, 0.5) is 0 Å². The molecule has 4 nitrogen and oxygen atoms in total. The van der Waals surface area contributed by atoms with Gasteiger partial charge in [-0.3, -0.25) is 0 Å². The highest BCUT2D eigenvalue weighted by molar-refractivity contribution is 6.35. The summed E-state index contributed by atoms with van der Waals surface area (Å²) in [7, 11) is 5.27. The molecular weight excluding hydrogens is 349 g/mol. The molecule has 0 unspecified atom stereocenters. The molecule has 0 aliphatic heterocycles. The molecule has 0 spiro atoms. The molecule has 0 aliphatic carbocycles. The van der Waals surface area contributed by atoms with Crippen LogP contribution in [-0.4, -0.2) is 45.2 Å². The van der Waals surface area contributed by atoms with Crippen molar-refractivity contribution >= 4 is 29.2 Å². The Morgan fingerprint density at radius 3 is 2.54 bits per heavy atom. The van der Waals surface area contributed by atoms with Crippen LogP contribution in [0, 0.1) is 0 Å². The fourth-order valence-corrected chi connectivity index (χ4v) is 2.54. The Bertz CT molecular complexity index is 732. The van der Waals surface area contributed by atoms with Gasteiger partial charge in [0.25, 0.3) is 0 Å². The molecule has 0 aromatic heterocycles. The van der Waals surface area contributed by atoms with E-state index in [1.807, 2.05) is 25.1 Å². The van der Waals surface area contributed by atoms with Gasteiger partial charge in [-0.05, 0) is 56.1 Å². The predicted molar refractivity (Wildman–Crippen MR) is 97.3 cm³/mol. The monoisotopic (exact) mass is 367 g/mol. The Labute approximate surface area is 151 Å². The zero-order chi connectivity index (χ0) is 17.7. The molecule has 128 valence electrons. The van der Waals surface area contributed by atoms with E-state index in [9.17, 15) is 4.79 Å². The lowest BCUT2D eigenvalue weighted by Crippen LogP contribution is -2.19. The van der Waals surface area contributed by atoms with Gasteiger partial charge in [-0.2, -0.15) is 0 Å². The van der Waals surface area contributed by atoms with Gasteiger partial charge in [0, 0.05) is 22.2 Å². The Hall–Kier alpha value is -1.75. The van der Waals surface area contributed by atoms with Crippen molar-refractivity contribution in [3.63, 3.8) is 0 Å². The summed E-state index contributed by atoms with van der Waals surface area (Å²) < 4.78 is 10.6. The molecule has 0 saturated heterocycles. The van der Waals surface area contributed by atoms with E-state index in [4.69, 9.17) is 32.7 Å². The van der Waals surface area contributed by atoms with Crippen molar-refractivity contribution in [2.24, 2.45) is 0 Å². The van der Waals surface area contributed by atoms with E-state index >= 15 is 0 Å². The Morgan fingerprint density at radius 2 is 1.88 bits per heavy atom. The highest BCUT2D eigenvalue weighted by Crippen LogP contribution is 2.33. The minimum Gasteiger partial charge on any atom is -0.492 e. The SMILES string of the molecule is COC(=O)c1cc(OCCN(C)C)cc(-c2cc(Cl)ccc2Cl)c1. The Kier molecular flexibility index (Phi) is 6.49. The zero-order valence-corrected chi connectivity index (χ0v) is 15.3. The highest BCUT2D eigenvalue weighted by Gasteiger charge is 2.13. The minimum atomic E-state index is -0.438. The third kappa shape index (κ3) is 4.87. The lowest BCUT2D eigenvalue weighted by Gasteiger charge is -2.14. The summed E-state index contributed by atoms with van der Waals surface area (Å²) in [6.07, 6.45) is 0. The van der Waals surface area contributed by atoms with Gasteiger partial charge in [0.05, 0.1) is 12.7 Å². The number of nitrogens with zero attached hydrogens (tertiary/aromatic N) is 1. The van der Waals surface area contributed by atoms with Crippen LogP contribution in [0.2, 0.25) is 10.0 Å². The van der Waals surface area contributed by atoms with Gasteiger partial charge in [-0.1, -0.05) is 23.2 Å². The van der Waals surface area contributed by atoms with Gasteiger partial charge in [-0.25, -0.2) is 4.79 Å². The number of hydrogen-bond donors (Lipinski definition) is 0. The number of methoxy groups -OCH3 is 1. The number of benzene rings is 2. The summed E-state index contributed by atoms with van der Waals surface area (Å²) in [6.45, 7) is 1.26. The molecule has 0 amide bonds. The van der Waals surface area contributed by atoms with Gasteiger partial charge in [0.15, 0.2) is 0 Å². The summed E-state index contributed by atoms with van der Waals surface area (Å²) in [5.41, 5.74) is 1.86. The van der Waals surface area contributed by atoms with Crippen molar-refractivity contribution in [2.45, 2.75) is 0 Å². The van der Waals surface area contributed by atoms with Gasteiger partial charge in [0.2, 0.25) is 0 Å². The quantitative estimate of drug-likeness (QED) is 0.709. The van der Waals surface area contributed by atoms with Crippen molar-refractivity contribution in [3.05, 3.63) is 52.0 Å². The zero-order valence-electron chi connectivity index (χ0n) is 13.8. The van der Waals surface area contributed by atoms with E-state index in [1.165, 1.54) is 7.11 Å². The van der Waals surface area contributed by atoms with Crippen LogP contribution < -0.4 is 4.74 Å². The summed E-state index contributed by atoms with van der Waals surface area (Å²) in [5.74, 6) is 0.137. The van der Waals surface area contributed by atoms with Crippen molar-refractivity contribution in [2.75, 3.05) is 34.4 Å². The molecule has 0 heterocycles. The normalized spacial score (nSPS) is 10.8. The molecule has 2 aromatic carbocycles. The molecule has 24 heavy (non-hydrogen) atoms. The smallest absolute Gasteiger partial charge is 0.338 e. The molecule has 2 aromatic rings. The summed E-state index contributed by atoms with van der Waals surface area (Å²) in [6, 6.07) is 10.4. The minimum absolute atomic E-state index is 0.394. The first-order valence-electron chi connectivity index (χ1n) is 7.37. The summed E-state index contributed by atoms with van der Waals surface area (Å²) in [5, 5.41) is 1.11. The van der Waals surface area contributed by atoms with Crippen LogP contribution >= 0.6 is 23.2 Å². The average Bonchev–Trinajstić information content (AvgIpc) is 2.55. The van der Waals surface area contributed by atoms with Gasteiger partial charge in [-0.15, -0.1) is 0 Å². The number of esters is 1. The van der Waals surface area contributed by atoms with Crippen molar-refractivity contribution in [1.29, 1.82) is 0 Å². The van der Waals surface area contributed by atoms with Crippen molar-refractivity contribution in [3.8, 4) is 16.9 Å². The van der Waals surface area contributed by atoms with Gasteiger partial charge >= 0.3 is 5.97 Å². The van der Waals surface area contributed by atoms with E-state index in [0.717, 1.165) is 17.7 Å². The third-order valence-corrected chi connectivity index (χ3v) is 3.94. The Morgan fingerprint density at radius 1 is 1.12 bits per heavy atom. The fourth-order valence-electron chi connectivity index (χ4n) is 2.14. The number of ether oxygens (including phenoxy) is 2. The van der Waals surface area contributed by atoms with E-state index in [1.54, 1.807) is 30.3 Å². The standard InChI is InChI=1S/C18H19Cl2NO3/c1-21(2)6-7-24-15-9-12(8-13(10-15)18(22)23-3)16-11-14(19)4-5-17(16)20/h4-5,8-11H,6-7H2,1-3H3. The number of rotatable bonds is 6. The predicted octanol–water partition coefficient (Wildman–Crippen LogP) is 4.39. The number of carbonyl (C=O) groups is 1. The molecule has 0 saturated carbocycles. The van der Waals surface area contributed by atoms with E-state index in [2.05, 4.69) is 0 Å². The summed E-state index contributed by atoms with van der Waals surface area (Å²) in [4.78, 5) is 14.0. The molecule has 0 fully saturated rings. The molecular formula is C18H19Cl2NO3. The number of halogens is 2. The second-order valence-electron chi connectivity index (χ2n) is 5.51. The molecule has 2 rings (SSSR count). The Balaban J connectivity index is 2.42. The maximum atomic E-state index is 11.9. The first-order chi connectivity index (χ1) is 11.4. The van der Waals surface area contributed by atoms with Gasteiger partial charge < -0.3 is 14.4 Å². The topological polar surface area (TPSA) is 38.8 Å². The van der Waals surface area contributed by atoms with Crippen LogP contribution in [0.3, 0.4) is 0 Å². The first-order valence-corrected chi connectivity index (χ1v) is 8.12. The first kappa shape index (κ1) is 18.6. The largest absolute Gasteiger partial charge is 0.492 e. The maximum absolute atomic E-state index is 11.9.